The van der Waals surface area contributed by atoms with Gasteiger partial charge in [-0.3, -0.25) is 14.8 Å². The molecule has 10 heteroatoms. The first-order valence-corrected chi connectivity index (χ1v) is 10.8. The molecule has 9 nitrogen and oxygen atoms in total. The summed E-state index contributed by atoms with van der Waals surface area (Å²) in [6, 6.07) is 10.5. The molecule has 0 aliphatic heterocycles. The number of carbonyl (C=O) groups is 2. The minimum Gasteiger partial charge on any atom is -0.494 e. The van der Waals surface area contributed by atoms with Gasteiger partial charge in [-0.15, -0.1) is 11.3 Å². The van der Waals surface area contributed by atoms with Crippen LogP contribution in [-0.2, 0) is 4.79 Å². The summed E-state index contributed by atoms with van der Waals surface area (Å²) in [6.07, 6.45) is 0.656. The minimum absolute atomic E-state index is 0.177. The van der Waals surface area contributed by atoms with E-state index in [1.54, 1.807) is 35.1 Å². The topological polar surface area (TPSA) is 116 Å². The Labute approximate surface area is 194 Å². The Hall–Kier alpha value is -3.63. The fraction of sp³-hybridized carbons (Fsp3) is 0.261. The van der Waals surface area contributed by atoms with Gasteiger partial charge in [0.1, 0.15) is 16.5 Å². The molecule has 0 fully saturated rings. The molecule has 3 rings (SSSR count). The number of benzene rings is 2. The second-order valence-corrected chi connectivity index (χ2v) is 7.65. The lowest BCUT2D eigenvalue weighted by Crippen LogP contribution is -2.18. The van der Waals surface area contributed by atoms with Crippen molar-refractivity contribution in [2.75, 3.05) is 27.9 Å². The monoisotopic (exact) mass is 472 g/mol. The molecule has 3 aromatic rings. The van der Waals surface area contributed by atoms with Crippen LogP contribution < -0.4 is 24.4 Å². The Balaban J connectivity index is 1.71. The average Bonchev–Trinajstić information content (AvgIpc) is 3.35. The van der Waals surface area contributed by atoms with E-state index in [0.717, 1.165) is 5.56 Å². The van der Waals surface area contributed by atoms with E-state index in [1.165, 1.54) is 32.7 Å². The molecule has 0 saturated carbocycles. The van der Waals surface area contributed by atoms with Crippen LogP contribution in [0.15, 0.2) is 41.8 Å². The largest absolute Gasteiger partial charge is 0.494 e. The van der Waals surface area contributed by atoms with Crippen LogP contribution in [0.3, 0.4) is 0 Å². The Kier molecular flexibility index (Phi) is 8.22. The highest BCUT2D eigenvalue weighted by Crippen LogP contribution is 2.39. The molecular formula is C23H24N2O7S. The summed E-state index contributed by atoms with van der Waals surface area (Å²) in [6.45, 7) is 0.345. The molecule has 1 amide bonds. The van der Waals surface area contributed by atoms with E-state index in [2.05, 4.69) is 4.98 Å². The van der Waals surface area contributed by atoms with Crippen LogP contribution in [-0.4, -0.2) is 49.8 Å². The number of thiazole rings is 1. The standard InChI is InChI=1S/C23H24N2O7S/c1-29-18-11-15(12-19(30-2)22(18)31-3)21(27)17-13-33-23(24-17)14-6-8-16(9-7-14)32-10-4-5-20(26)25-28/h6-9,11-13,28H,4-5,10H2,1-3H3,(H,25,26). The predicted octanol–water partition coefficient (Wildman–Crippen LogP) is 3.73. The van der Waals surface area contributed by atoms with Crippen molar-refractivity contribution in [2.24, 2.45) is 0 Å². The van der Waals surface area contributed by atoms with E-state index in [1.807, 2.05) is 12.1 Å². The van der Waals surface area contributed by atoms with E-state index in [-0.39, 0.29) is 12.2 Å². The summed E-state index contributed by atoms with van der Waals surface area (Å²) in [7, 11) is 4.48. The van der Waals surface area contributed by atoms with Crippen LogP contribution >= 0.6 is 11.3 Å². The van der Waals surface area contributed by atoms with Crippen molar-refractivity contribution in [1.29, 1.82) is 0 Å². The number of amides is 1. The third-order valence-electron chi connectivity index (χ3n) is 4.71. The molecule has 1 aromatic heterocycles. The molecular weight excluding hydrogens is 448 g/mol. The summed E-state index contributed by atoms with van der Waals surface area (Å²) in [5.41, 5.74) is 3.11. The molecule has 33 heavy (non-hydrogen) atoms. The van der Waals surface area contributed by atoms with Gasteiger partial charge < -0.3 is 18.9 Å². The van der Waals surface area contributed by atoms with Crippen LogP contribution in [0.1, 0.15) is 28.9 Å². The zero-order valence-electron chi connectivity index (χ0n) is 18.4. The number of hydrogen-bond donors (Lipinski definition) is 2. The van der Waals surface area contributed by atoms with Gasteiger partial charge in [0.2, 0.25) is 17.4 Å². The van der Waals surface area contributed by atoms with Crippen molar-refractivity contribution >= 4 is 23.0 Å². The molecule has 0 unspecified atom stereocenters. The summed E-state index contributed by atoms with van der Waals surface area (Å²) in [5.74, 6) is 1.13. The van der Waals surface area contributed by atoms with E-state index >= 15 is 0 Å². The molecule has 0 spiro atoms. The van der Waals surface area contributed by atoms with E-state index in [0.29, 0.717) is 52.3 Å². The number of hydroxylamine groups is 1. The lowest BCUT2D eigenvalue weighted by molar-refractivity contribution is -0.129. The van der Waals surface area contributed by atoms with Crippen LogP contribution in [0.25, 0.3) is 10.6 Å². The molecule has 0 atom stereocenters. The fourth-order valence-electron chi connectivity index (χ4n) is 3.04. The van der Waals surface area contributed by atoms with Gasteiger partial charge in [0.25, 0.3) is 0 Å². The van der Waals surface area contributed by atoms with Gasteiger partial charge in [0, 0.05) is 22.9 Å². The maximum absolute atomic E-state index is 13.0. The normalized spacial score (nSPS) is 10.4. The highest BCUT2D eigenvalue weighted by atomic mass is 32.1. The number of methoxy groups -OCH3 is 3. The predicted molar refractivity (Wildman–Crippen MR) is 122 cm³/mol. The summed E-state index contributed by atoms with van der Waals surface area (Å²) in [4.78, 5) is 28.5. The Morgan fingerprint density at radius 2 is 1.70 bits per heavy atom. The molecule has 174 valence electrons. The zero-order valence-corrected chi connectivity index (χ0v) is 19.2. The smallest absolute Gasteiger partial charge is 0.243 e. The van der Waals surface area contributed by atoms with Crippen molar-refractivity contribution in [1.82, 2.24) is 10.5 Å². The van der Waals surface area contributed by atoms with Crippen molar-refractivity contribution in [2.45, 2.75) is 12.8 Å². The van der Waals surface area contributed by atoms with Crippen LogP contribution in [0.5, 0.6) is 23.0 Å². The maximum atomic E-state index is 13.0. The highest BCUT2D eigenvalue weighted by Gasteiger charge is 2.20. The lowest BCUT2D eigenvalue weighted by atomic mass is 10.1. The number of nitrogens with zero attached hydrogens (tertiary/aromatic N) is 1. The third-order valence-corrected chi connectivity index (χ3v) is 5.60. The second kappa shape index (κ2) is 11.3. The number of ether oxygens (including phenoxy) is 4. The Morgan fingerprint density at radius 1 is 1.03 bits per heavy atom. The van der Waals surface area contributed by atoms with Crippen LogP contribution in [0.4, 0.5) is 0 Å². The van der Waals surface area contributed by atoms with Gasteiger partial charge in [-0.1, -0.05) is 0 Å². The molecule has 2 aromatic carbocycles. The van der Waals surface area contributed by atoms with Gasteiger partial charge in [-0.05, 0) is 42.8 Å². The van der Waals surface area contributed by atoms with Gasteiger partial charge in [-0.2, -0.15) is 0 Å². The van der Waals surface area contributed by atoms with Crippen molar-refractivity contribution in [3.8, 4) is 33.6 Å². The first-order valence-electron chi connectivity index (χ1n) is 9.97. The van der Waals surface area contributed by atoms with Crippen molar-refractivity contribution in [3.05, 3.63) is 53.0 Å². The average molecular weight is 473 g/mol. The lowest BCUT2D eigenvalue weighted by Gasteiger charge is -2.13. The number of aromatic nitrogens is 1. The fourth-order valence-corrected chi connectivity index (χ4v) is 3.85. The molecule has 1 heterocycles. The number of nitrogens with one attached hydrogen (secondary N) is 1. The molecule has 0 saturated heterocycles. The SMILES string of the molecule is COc1cc(C(=O)c2csc(-c3ccc(OCCCC(=O)NO)cc3)n2)cc(OC)c1OC. The zero-order chi connectivity index (χ0) is 23.8. The highest BCUT2D eigenvalue weighted by molar-refractivity contribution is 7.13. The number of carbonyl (C=O) groups excluding carboxylic acids is 2. The minimum atomic E-state index is -0.449. The van der Waals surface area contributed by atoms with Crippen molar-refractivity contribution < 1.29 is 33.7 Å². The maximum Gasteiger partial charge on any atom is 0.243 e. The second-order valence-electron chi connectivity index (χ2n) is 6.79. The Morgan fingerprint density at radius 3 is 2.27 bits per heavy atom. The first kappa shape index (κ1) is 24.0. The Bertz CT molecular complexity index is 1090. The van der Waals surface area contributed by atoms with Gasteiger partial charge in [0.05, 0.1) is 27.9 Å². The molecule has 0 aliphatic carbocycles. The van der Waals surface area contributed by atoms with Gasteiger partial charge in [-0.25, -0.2) is 10.5 Å². The number of rotatable bonds is 11. The number of hydrogen-bond acceptors (Lipinski definition) is 9. The molecule has 0 radical (unpaired) electrons. The van der Waals surface area contributed by atoms with Gasteiger partial charge in [0.15, 0.2) is 11.5 Å². The first-order chi connectivity index (χ1) is 16.0. The summed E-state index contributed by atoms with van der Waals surface area (Å²) < 4.78 is 21.5. The third kappa shape index (κ3) is 5.79. The molecule has 0 aliphatic rings. The van der Waals surface area contributed by atoms with E-state index < -0.39 is 5.91 Å². The molecule has 0 bridgehead atoms. The number of ketones is 1. The van der Waals surface area contributed by atoms with E-state index in [4.69, 9.17) is 24.2 Å². The van der Waals surface area contributed by atoms with Crippen LogP contribution in [0.2, 0.25) is 0 Å². The summed E-state index contributed by atoms with van der Waals surface area (Å²) in [5, 5.41) is 10.9. The molecule has 2 N–H and O–H groups in total. The van der Waals surface area contributed by atoms with Crippen molar-refractivity contribution in [3.63, 3.8) is 0 Å². The van der Waals surface area contributed by atoms with E-state index in [9.17, 15) is 9.59 Å². The summed E-state index contributed by atoms with van der Waals surface area (Å²) >= 11 is 1.36. The quantitative estimate of drug-likeness (QED) is 0.188. The van der Waals surface area contributed by atoms with Gasteiger partial charge >= 0.3 is 0 Å². The van der Waals surface area contributed by atoms with Crippen LogP contribution in [0, 0.1) is 0 Å².